The molecule has 2 fully saturated rings. The summed E-state index contributed by atoms with van der Waals surface area (Å²) in [6, 6.07) is 5.85. The van der Waals surface area contributed by atoms with E-state index in [9.17, 15) is 9.59 Å². The van der Waals surface area contributed by atoms with Crippen LogP contribution in [0, 0.1) is 5.92 Å². The lowest BCUT2D eigenvalue weighted by Gasteiger charge is -2.33. The first-order valence-electron chi connectivity index (χ1n) is 13.3. The lowest BCUT2D eigenvalue weighted by Crippen LogP contribution is -2.39. The van der Waals surface area contributed by atoms with Crippen LogP contribution in [0.4, 0.5) is 5.13 Å². The Bertz CT molecular complexity index is 1380. The monoisotopic (exact) mass is 537 g/mol. The Morgan fingerprint density at radius 3 is 2.57 bits per heavy atom. The Labute approximate surface area is 226 Å². The average Bonchev–Trinajstić information content (AvgIpc) is 3.52. The summed E-state index contributed by atoms with van der Waals surface area (Å²) in [6.45, 7) is 3.78. The van der Waals surface area contributed by atoms with Crippen LogP contribution in [-0.4, -0.2) is 44.6 Å². The van der Waals surface area contributed by atoms with Crippen LogP contribution in [0.25, 0.3) is 16.3 Å². The molecule has 6 rings (SSSR count). The number of fused-ring (bicyclic) bond motifs is 3. The topological polar surface area (TPSA) is 80.1 Å². The zero-order chi connectivity index (χ0) is 25.8. The highest BCUT2D eigenvalue weighted by Gasteiger charge is 2.36. The molecule has 0 unspecified atom stereocenters. The molecule has 7 nitrogen and oxygen atoms in total. The Morgan fingerprint density at radius 1 is 1.14 bits per heavy atom. The lowest BCUT2D eigenvalue weighted by atomic mass is 9.86. The van der Waals surface area contributed by atoms with Crippen LogP contribution in [0.3, 0.4) is 0 Å². The second kappa shape index (κ2) is 9.55. The van der Waals surface area contributed by atoms with E-state index in [-0.39, 0.29) is 17.9 Å². The van der Waals surface area contributed by atoms with Gasteiger partial charge in [-0.2, -0.15) is 5.10 Å². The maximum absolute atomic E-state index is 13.3. The van der Waals surface area contributed by atoms with Gasteiger partial charge in [0.25, 0.3) is 5.91 Å². The molecule has 37 heavy (non-hydrogen) atoms. The molecule has 3 aromatic rings. The predicted molar refractivity (Wildman–Crippen MR) is 147 cm³/mol. The third kappa shape index (κ3) is 4.59. The van der Waals surface area contributed by atoms with Gasteiger partial charge in [0, 0.05) is 37.1 Å². The SMILES string of the molecule is CC(=O)Nc1nc2c(s1)-c1c(c(C3CC3)nn1-c1ccc(C(=O)N(C)C3CCC(C)CC3)cc1Cl)CC2. The fourth-order valence-electron chi connectivity index (χ4n) is 5.77. The second-order valence-corrected chi connectivity index (χ2v) is 12.3. The number of thiazole rings is 1. The number of carbonyl (C=O) groups excluding carboxylic acids is 2. The van der Waals surface area contributed by atoms with Crippen LogP contribution in [0.15, 0.2) is 18.2 Å². The molecule has 1 aromatic carbocycles. The number of aryl methyl sites for hydroxylation is 1. The number of carbonyl (C=O) groups is 2. The number of amides is 2. The van der Waals surface area contributed by atoms with Gasteiger partial charge in [0.15, 0.2) is 5.13 Å². The van der Waals surface area contributed by atoms with E-state index in [0.29, 0.717) is 21.6 Å². The van der Waals surface area contributed by atoms with Crippen LogP contribution in [0.2, 0.25) is 5.02 Å². The third-order valence-electron chi connectivity index (χ3n) is 8.06. The summed E-state index contributed by atoms with van der Waals surface area (Å²) >= 11 is 8.35. The van der Waals surface area contributed by atoms with Gasteiger partial charge < -0.3 is 10.2 Å². The normalized spacial score (nSPS) is 20.8. The van der Waals surface area contributed by atoms with Crippen molar-refractivity contribution in [3.05, 3.63) is 45.7 Å². The molecule has 0 atom stereocenters. The molecule has 2 saturated carbocycles. The molecular formula is C28H32ClN5O2S. The first kappa shape index (κ1) is 24.6. The van der Waals surface area contributed by atoms with Crippen molar-refractivity contribution in [1.82, 2.24) is 19.7 Å². The van der Waals surface area contributed by atoms with Crippen LogP contribution >= 0.6 is 22.9 Å². The number of nitrogens with zero attached hydrogens (tertiary/aromatic N) is 4. The predicted octanol–water partition coefficient (Wildman–Crippen LogP) is 6.23. The molecule has 0 spiro atoms. The van der Waals surface area contributed by atoms with Gasteiger partial charge in [-0.25, -0.2) is 9.67 Å². The van der Waals surface area contributed by atoms with E-state index in [1.54, 1.807) is 6.07 Å². The highest BCUT2D eigenvalue weighted by Crippen LogP contribution is 2.48. The number of hydrogen-bond donors (Lipinski definition) is 1. The molecule has 0 bridgehead atoms. The van der Waals surface area contributed by atoms with Crippen molar-refractivity contribution in [1.29, 1.82) is 0 Å². The summed E-state index contributed by atoms with van der Waals surface area (Å²) in [5, 5.41) is 9.02. The van der Waals surface area contributed by atoms with Gasteiger partial charge in [-0.05, 0) is 75.5 Å². The summed E-state index contributed by atoms with van der Waals surface area (Å²) in [4.78, 5) is 32.6. The van der Waals surface area contributed by atoms with Crippen LogP contribution < -0.4 is 5.32 Å². The van der Waals surface area contributed by atoms with Crippen molar-refractivity contribution in [2.75, 3.05) is 12.4 Å². The van der Waals surface area contributed by atoms with E-state index in [1.165, 1.54) is 36.7 Å². The molecule has 0 saturated heterocycles. The van der Waals surface area contributed by atoms with Crippen molar-refractivity contribution in [3.63, 3.8) is 0 Å². The minimum Gasteiger partial charge on any atom is -0.339 e. The molecule has 2 amide bonds. The number of hydrogen-bond acceptors (Lipinski definition) is 5. The van der Waals surface area contributed by atoms with E-state index in [1.807, 2.05) is 28.8 Å². The fraction of sp³-hybridized carbons (Fsp3) is 0.500. The van der Waals surface area contributed by atoms with Crippen LogP contribution in [0.5, 0.6) is 0 Å². The van der Waals surface area contributed by atoms with Crippen LogP contribution in [0.1, 0.15) is 85.6 Å². The summed E-state index contributed by atoms with van der Waals surface area (Å²) < 4.78 is 1.94. The lowest BCUT2D eigenvalue weighted by molar-refractivity contribution is -0.114. The van der Waals surface area contributed by atoms with Gasteiger partial charge in [0.1, 0.15) is 0 Å². The Balaban J connectivity index is 1.35. The summed E-state index contributed by atoms with van der Waals surface area (Å²) in [5.74, 6) is 1.11. The van der Waals surface area contributed by atoms with E-state index in [0.717, 1.165) is 72.1 Å². The zero-order valence-corrected chi connectivity index (χ0v) is 23.1. The van der Waals surface area contributed by atoms with Crippen molar-refractivity contribution >= 4 is 39.9 Å². The molecule has 3 aliphatic rings. The molecule has 0 radical (unpaired) electrons. The van der Waals surface area contributed by atoms with E-state index < -0.39 is 0 Å². The zero-order valence-electron chi connectivity index (χ0n) is 21.5. The van der Waals surface area contributed by atoms with E-state index in [2.05, 4.69) is 17.2 Å². The standard InChI is InChI=1S/C28H32ClN5O2S/c1-15-4-9-19(10-5-15)33(3)27(36)18-8-13-23(21(29)14-18)34-25-20(24(32-34)17-6-7-17)11-12-22-26(25)37-28(31-22)30-16(2)35/h8,13-15,17,19H,4-7,9-12H2,1-3H3,(H,30,31,35). The number of halogens is 1. The van der Waals surface area contributed by atoms with Crippen molar-refractivity contribution in [2.45, 2.75) is 77.2 Å². The van der Waals surface area contributed by atoms with Gasteiger partial charge in [0.2, 0.25) is 5.91 Å². The number of benzene rings is 1. The van der Waals surface area contributed by atoms with Gasteiger partial charge in [-0.15, -0.1) is 0 Å². The fourth-order valence-corrected chi connectivity index (χ4v) is 7.15. The minimum absolute atomic E-state index is 0.0128. The van der Waals surface area contributed by atoms with Gasteiger partial charge in [0.05, 0.1) is 32.7 Å². The smallest absolute Gasteiger partial charge is 0.253 e. The molecule has 3 aliphatic carbocycles. The molecule has 9 heteroatoms. The summed E-state index contributed by atoms with van der Waals surface area (Å²) in [6.07, 6.45) is 8.45. The maximum atomic E-state index is 13.3. The summed E-state index contributed by atoms with van der Waals surface area (Å²) in [5.41, 5.74) is 5.78. The van der Waals surface area contributed by atoms with Crippen molar-refractivity contribution in [3.8, 4) is 16.3 Å². The number of nitrogens with one attached hydrogen (secondary N) is 1. The highest BCUT2D eigenvalue weighted by molar-refractivity contribution is 7.19. The second-order valence-electron chi connectivity index (χ2n) is 10.9. The third-order valence-corrected chi connectivity index (χ3v) is 9.38. The van der Waals surface area contributed by atoms with Gasteiger partial charge in [-0.3, -0.25) is 9.59 Å². The largest absolute Gasteiger partial charge is 0.339 e. The summed E-state index contributed by atoms with van der Waals surface area (Å²) in [7, 11) is 1.91. The maximum Gasteiger partial charge on any atom is 0.253 e. The molecule has 0 aliphatic heterocycles. The van der Waals surface area contributed by atoms with Gasteiger partial charge >= 0.3 is 0 Å². The first-order chi connectivity index (χ1) is 17.8. The Morgan fingerprint density at radius 2 is 1.89 bits per heavy atom. The Hall–Kier alpha value is -2.71. The first-order valence-corrected chi connectivity index (χ1v) is 14.5. The van der Waals surface area contributed by atoms with E-state index >= 15 is 0 Å². The van der Waals surface area contributed by atoms with Crippen molar-refractivity contribution in [2.24, 2.45) is 5.92 Å². The molecule has 2 heterocycles. The Kier molecular flexibility index (Phi) is 6.35. The van der Waals surface area contributed by atoms with Crippen molar-refractivity contribution < 1.29 is 9.59 Å². The molecule has 194 valence electrons. The number of aromatic nitrogens is 3. The highest BCUT2D eigenvalue weighted by atomic mass is 35.5. The number of anilines is 1. The average molecular weight is 538 g/mol. The molecule has 2 aromatic heterocycles. The quantitative estimate of drug-likeness (QED) is 0.418. The van der Waals surface area contributed by atoms with E-state index in [4.69, 9.17) is 16.7 Å². The van der Waals surface area contributed by atoms with Gasteiger partial charge in [-0.1, -0.05) is 29.9 Å². The number of rotatable bonds is 5. The molecular weight excluding hydrogens is 506 g/mol. The minimum atomic E-state index is -0.130. The van der Waals surface area contributed by atoms with Crippen LogP contribution in [-0.2, 0) is 17.6 Å². The molecule has 1 N–H and O–H groups in total.